The molecule has 0 bridgehead atoms. The predicted octanol–water partition coefficient (Wildman–Crippen LogP) is -0.618. The molecule has 2 amide bonds. The van der Waals surface area contributed by atoms with E-state index in [-0.39, 0.29) is 5.91 Å². The Morgan fingerprint density at radius 1 is 1.33 bits per heavy atom. The van der Waals surface area contributed by atoms with Gasteiger partial charge in [0.05, 0.1) is 6.61 Å². The van der Waals surface area contributed by atoms with Gasteiger partial charge in [0.25, 0.3) is 0 Å². The number of amides is 2. The second kappa shape index (κ2) is 6.61. The van der Waals surface area contributed by atoms with E-state index in [0.29, 0.717) is 12.2 Å². The molecule has 1 rings (SSSR count). The van der Waals surface area contributed by atoms with Gasteiger partial charge in [-0.1, -0.05) is 12.1 Å². The molecule has 0 saturated heterocycles. The van der Waals surface area contributed by atoms with Gasteiger partial charge >= 0.3 is 0 Å². The SMILES string of the molecule is CC(=O)N[C@@H](CO)C(=O)NCc1ccc(N)cc1. The molecule has 0 radical (unpaired) electrons. The molecule has 0 unspecified atom stereocenters. The molecule has 0 fully saturated rings. The maximum Gasteiger partial charge on any atom is 0.245 e. The number of nitrogen functional groups attached to an aromatic ring is 1. The number of nitrogens with one attached hydrogen (secondary N) is 2. The quantitative estimate of drug-likeness (QED) is 0.523. The van der Waals surface area contributed by atoms with Gasteiger partial charge in [-0.05, 0) is 17.7 Å². The van der Waals surface area contributed by atoms with Crippen molar-refractivity contribution in [2.75, 3.05) is 12.3 Å². The molecule has 1 aromatic carbocycles. The van der Waals surface area contributed by atoms with E-state index in [2.05, 4.69) is 10.6 Å². The molecule has 18 heavy (non-hydrogen) atoms. The second-order valence-corrected chi connectivity index (χ2v) is 3.90. The number of carbonyl (C=O) groups is 2. The van der Waals surface area contributed by atoms with Gasteiger partial charge in [0.1, 0.15) is 6.04 Å². The Kier molecular flexibility index (Phi) is 5.13. The molecular formula is C12H17N3O3. The minimum Gasteiger partial charge on any atom is -0.399 e. The molecular weight excluding hydrogens is 234 g/mol. The van der Waals surface area contributed by atoms with Crippen LogP contribution < -0.4 is 16.4 Å². The second-order valence-electron chi connectivity index (χ2n) is 3.90. The molecule has 5 N–H and O–H groups in total. The highest BCUT2D eigenvalue weighted by Crippen LogP contribution is 2.04. The molecule has 0 spiro atoms. The van der Waals surface area contributed by atoms with Crippen LogP contribution >= 0.6 is 0 Å². The molecule has 6 heteroatoms. The molecule has 0 aromatic heterocycles. The molecule has 0 saturated carbocycles. The van der Waals surface area contributed by atoms with Crippen molar-refractivity contribution in [2.24, 2.45) is 0 Å². The molecule has 0 aliphatic heterocycles. The van der Waals surface area contributed by atoms with E-state index in [9.17, 15) is 9.59 Å². The Hall–Kier alpha value is -2.08. The number of aliphatic hydroxyl groups excluding tert-OH is 1. The van der Waals surface area contributed by atoms with E-state index >= 15 is 0 Å². The summed E-state index contributed by atoms with van der Waals surface area (Å²) in [6.07, 6.45) is 0. The summed E-state index contributed by atoms with van der Waals surface area (Å²) in [6, 6.07) is 6.14. The zero-order valence-corrected chi connectivity index (χ0v) is 10.1. The van der Waals surface area contributed by atoms with Crippen LogP contribution in [0.4, 0.5) is 5.69 Å². The normalized spacial score (nSPS) is 11.7. The molecule has 0 aliphatic carbocycles. The molecule has 1 aromatic rings. The largest absolute Gasteiger partial charge is 0.399 e. The van der Waals surface area contributed by atoms with Crippen molar-refractivity contribution in [2.45, 2.75) is 19.5 Å². The third-order valence-electron chi connectivity index (χ3n) is 2.32. The van der Waals surface area contributed by atoms with Crippen LogP contribution in [0.3, 0.4) is 0 Å². The van der Waals surface area contributed by atoms with Gasteiger partial charge in [0.2, 0.25) is 11.8 Å². The first kappa shape index (κ1) is 14.0. The van der Waals surface area contributed by atoms with Gasteiger partial charge in [0.15, 0.2) is 0 Å². The Labute approximate surface area is 105 Å². The number of aliphatic hydroxyl groups is 1. The lowest BCUT2D eigenvalue weighted by molar-refractivity contribution is -0.129. The number of rotatable bonds is 5. The average Bonchev–Trinajstić information content (AvgIpc) is 2.34. The number of anilines is 1. The first-order valence-corrected chi connectivity index (χ1v) is 5.53. The lowest BCUT2D eigenvalue weighted by Crippen LogP contribution is -2.48. The van der Waals surface area contributed by atoms with Crippen LogP contribution in [-0.4, -0.2) is 29.6 Å². The van der Waals surface area contributed by atoms with Crippen molar-refractivity contribution in [1.29, 1.82) is 0 Å². The van der Waals surface area contributed by atoms with E-state index in [1.54, 1.807) is 24.3 Å². The van der Waals surface area contributed by atoms with Crippen molar-refractivity contribution >= 4 is 17.5 Å². The summed E-state index contributed by atoms with van der Waals surface area (Å²) in [4.78, 5) is 22.5. The molecule has 0 heterocycles. The van der Waals surface area contributed by atoms with Crippen molar-refractivity contribution in [1.82, 2.24) is 10.6 Å². The number of hydrogen-bond donors (Lipinski definition) is 4. The summed E-state index contributed by atoms with van der Waals surface area (Å²) >= 11 is 0. The molecule has 0 aliphatic rings. The minimum absolute atomic E-state index is 0.315. The smallest absolute Gasteiger partial charge is 0.245 e. The fourth-order valence-corrected chi connectivity index (χ4v) is 1.39. The van der Waals surface area contributed by atoms with Gasteiger partial charge in [0, 0.05) is 19.2 Å². The van der Waals surface area contributed by atoms with E-state index in [1.807, 2.05) is 0 Å². The summed E-state index contributed by atoms with van der Waals surface area (Å²) in [5, 5.41) is 14.0. The first-order valence-electron chi connectivity index (χ1n) is 5.53. The van der Waals surface area contributed by atoms with Gasteiger partial charge in [-0.15, -0.1) is 0 Å². The van der Waals surface area contributed by atoms with Crippen molar-refractivity contribution < 1.29 is 14.7 Å². The fourth-order valence-electron chi connectivity index (χ4n) is 1.39. The summed E-state index contributed by atoms with van der Waals surface area (Å²) in [7, 11) is 0. The fraction of sp³-hybridized carbons (Fsp3) is 0.333. The van der Waals surface area contributed by atoms with E-state index < -0.39 is 18.6 Å². The Morgan fingerprint density at radius 2 is 1.94 bits per heavy atom. The average molecular weight is 251 g/mol. The first-order chi connectivity index (χ1) is 8.52. The van der Waals surface area contributed by atoms with Gasteiger partial charge < -0.3 is 21.5 Å². The van der Waals surface area contributed by atoms with Crippen LogP contribution in [0.1, 0.15) is 12.5 Å². The summed E-state index contributed by atoms with van der Waals surface area (Å²) in [6.45, 7) is 1.16. The zero-order chi connectivity index (χ0) is 13.5. The van der Waals surface area contributed by atoms with Crippen LogP contribution in [0.15, 0.2) is 24.3 Å². The maximum absolute atomic E-state index is 11.6. The van der Waals surface area contributed by atoms with Gasteiger partial charge in [-0.25, -0.2) is 0 Å². The Bertz CT molecular complexity index is 417. The number of hydrogen-bond acceptors (Lipinski definition) is 4. The number of carbonyl (C=O) groups excluding carboxylic acids is 2. The van der Waals surface area contributed by atoms with Crippen molar-refractivity contribution in [3.05, 3.63) is 29.8 Å². The van der Waals surface area contributed by atoms with Crippen LogP contribution in [0, 0.1) is 0 Å². The van der Waals surface area contributed by atoms with Crippen molar-refractivity contribution in [3.8, 4) is 0 Å². The Morgan fingerprint density at radius 3 is 2.44 bits per heavy atom. The minimum atomic E-state index is -0.920. The highest BCUT2D eigenvalue weighted by Gasteiger charge is 2.17. The van der Waals surface area contributed by atoms with E-state index in [0.717, 1.165) is 5.56 Å². The summed E-state index contributed by atoms with van der Waals surface area (Å²) < 4.78 is 0. The molecule has 6 nitrogen and oxygen atoms in total. The van der Waals surface area contributed by atoms with E-state index in [4.69, 9.17) is 10.8 Å². The van der Waals surface area contributed by atoms with E-state index in [1.165, 1.54) is 6.92 Å². The van der Waals surface area contributed by atoms with Crippen LogP contribution in [0.2, 0.25) is 0 Å². The van der Waals surface area contributed by atoms with Crippen LogP contribution in [0.25, 0.3) is 0 Å². The highest BCUT2D eigenvalue weighted by atomic mass is 16.3. The third kappa shape index (κ3) is 4.42. The van der Waals surface area contributed by atoms with Crippen LogP contribution in [0.5, 0.6) is 0 Å². The summed E-state index contributed by atoms with van der Waals surface area (Å²) in [5.74, 6) is -0.791. The zero-order valence-electron chi connectivity index (χ0n) is 10.1. The third-order valence-corrected chi connectivity index (χ3v) is 2.32. The highest BCUT2D eigenvalue weighted by molar-refractivity contribution is 5.86. The topological polar surface area (TPSA) is 104 Å². The van der Waals surface area contributed by atoms with Crippen LogP contribution in [-0.2, 0) is 16.1 Å². The predicted molar refractivity (Wildman–Crippen MR) is 67.4 cm³/mol. The summed E-state index contributed by atoms with van der Waals surface area (Å²) in [5.41, 5.74) is 7.08. The van der Waals surface area contributed by atoms with Gasteiger partial charge in [-0.2, -0.15) is 0 Å². The number of benzene rings is 1. The maximum atomic E-state index is 11.6. The molecule has 98 valence electrons. The number of nitrogens with two attached hydrogens (primary N) is 1. The lowest BCUT2D eigenvalue weighted by atomic mass is 10.2. The lowest BCUT2D eigenvalue weighted by Gasteiger charge is -2.15. The molecule has 1 atom stereocenters. The Balaban J connectivity index is 2.49. The van der Waals surface area contributed by atoms with Gasteiger partial charge in [-0.3, -0.25) is 9.59 Å². The monoisotopic (exact) mass is 251 g/mol. The standard InChI is InChI=1S/C12H17N3O3/c1-8(17)15-11(7-16)12(18)14-6-9-2-4-10(13)5-3-9/h2-5,11,16H,6-7,13H2,1H3,(H,14,18)(H,15,17)/t11-/m0/s1. The van der Waals surface area contributed by atoms with Crippen molar-refractivity contribution in [3.63, 3.8) is 0 Å².